The van der Waals surface area contributed by atoms with Crippen molar-refractivity contribution in [1.82, 2.24) is 0 Å². The van der Waals surface area contributed by atoms with Crippen LogP contribution in [0.5, 0.6) is 0 Å². The van der Waals surface area contributed by atoms with Gasteiger partial charge in [-0.05, 0) is 77.8 Å². The molecular weight excluding hydrogens is 605 g/mol. The van der Waals surface area contributed by atoms with Crippen LogP contribution in [0.3, 0.4) is 0 Å². The molecule has 0 radical (unpaired) electrons. The lowest BCUT2D eigenvalue weighted by molar-refractivity contribution is -0.137. The molecule has 0 bridgehead atoms. The highest BCUT2D eigenvalue weighted by molar-refractivity contribution is 6.74. The standard InChI is InChI=1S/C39H62O5Si2/c1-12-13-14-18-34(43-45(8,9)38(2,3)4)30-20-22-31(23-21-30)37-32(26-29-17-15-16-28(25-29)19-24-36(41)42)33(40)27-35(37)44-46(10,11)39(5,6)7/h15-17,20-23,25,32,34-35,37H,12-14,18-19,24,26-27H2,1-11H3,(H,41,42)/t32-,34?,35+,37+/m0/s1. The molecule has 2 aromatic rings. The molecule has 4 atom stereocenters. The summed E-state index contributed by atoms with van der Waals surface area (Å²) in [5.41, 5.74) is 4.45. The lowest BCUT2D eigenvalue weighted by atomic mass is 9.82. The van der Waals surface area contributed by atoms with Crippen LogP contribution in [-0.2, 0) is 31.3 Å². The smallest absolute Gasteiger partial charge is 0.303 e. The Morgan fingerprint density at radius 3 is 2.09 bits per heavy atom. The molecule has 2 aromatic carbocycles. The van der Waals surface area contributed by atoms with Gasteiger partial charge in [-0.25, -0.2) is 0 Å². The summed E-state index contributed by atoms with van der Waals surface area (Å²) in [6, 6.07) is 17.1. The Labute approximate surface area is 282 Å². The van der Waals surface area contributed by atoms with Gasteiger partial charge in [0.2, 0.25) is 0 Å². The molecule has 1 aliphatic rings. The van der Waals surface area contributed by atoms with E-state index in [4.69, 9.17) is 8.85 Å². The zero-order valence-corrected chi connectivity index (χ0v) is 32.7. The summed E-state index contributed by atoms with van der Waals surface area (Å²) in [5, 5.41) is 9.35. The van der Waals surface area contributed by atoms with Gasteiger partial charge in [-0.15, -0.1) is 0 Å². The van der Waals surface area contributed by atoms with Crippen molar-refractivity contribution in [2.75, 3.05) is 0 Å². The molecule has 256 valence electrons. The van der Waals surface area contributed by atoms with E-state index < -0.39 is 22.6 Å². The minimum atomic E-state index is -2.14. The number of carboxylic acids is 1. The van der Waals surface area contributed by atoms with E-state index in [0.717, 1.165) is 29.5 Å². The Kier molecular flexibility index (Phi) is 12.9. The quantitative estimate of drug-likeness (QED) is 0.151. The SMILES string of the molecule is CCCCCC(O[Si](C)(C)C(C)(C)C)c1ccc([C@H]2[C@H](O[Si](C)(C)C(C)(C)C)CC(=O)[C@@H]2Cc2cccc(CCC(=O)O)c2)cc1. The number of ketones is 1. The summed E-state index contributed by atoms with van der Waals surface area (Å²) < 4.78 is 14.1. The maximum absolute atomic E-state index is 13.8. The van der Waals surface area contributed by atoms with Gasteiger partial charge in [-0.1, -0.05) is 116 Å². The molecule has 1 saturated carbocycles. The number of benzene rings is 2. The van der Waals surface area contributed by atoms with Gasteiger partial charge in [0.25, 0.3) is 0 Å². The first-order valence-corrected chi connectivity index (χ1v) is 23.3. The van der Waals surface area contributed by atoms with Crippen molar-refractivity contribution in [3.8, 4) is 0 Å². The fourth-order valence-electron chi connectivity index (χ4n) is 6.05. The van der Waals surface area contributed by atoms with Gasteiger partial charge in [0.05, 0.1) is 12.2 Å². The van der Waals surface area contributed by atoms with Gasteiger partial charge in [0.1, 0.15) is 5.78 Å². The van der Waals surface area contributed by atoms with Crippen LogP contribution in [0.4, 0.5) is 0 Å². The Balaban J connectivity index is 1.98. The lowest BCUT2D eigenvalue weighted by Crippen LogP contribution is -2.44. The maximum atomic E-state index is 13.8. The molecule has 1 aliphatic carbocycles. The number of rotatable bonds is 15. The van der Waals surface area contributed by atoms with Crippen molar-refractivity contribution in [3.63, 3.8) is 0 Å². The van der Waals surface area contributed by atoms with E-state index in [-0.39, 0.29) is 46.3 Å². The minimum Gasteiger partial charge on any atom is -0.481 e. The van der Waals surface area contributed by atoms with Gasteiger partial charge >= 0.3 is 5.97 Å². The molecule has 5 nitrogen and oxygen atoms in total. The van der Waals surface area contributed by atoms with Gasteiger partial charge in [0.15, 0.2) is 16.6 Å². The van der Waals surface area contributed by atoms with Crippen LogP contribution in [0.15, 0.2) is 48.5 Å². The van der Waals surface area contributed by atoms with Crippen LogP contribution in [0.25, 0.3) is 0 Å². The number of carboxylic acid groups (broad SMARTS) is 1. The molecule has 0 saturated heterocycles. The topological polar surface area (TPSA) is 72.8 Å². The highest BCUT2D eigenvalue weighted by Crippen LogP contribution is 2.47. The van der Waals surface area contributed by atoms with E-state index in [1.165, 1.54) is 18.4 Å². The maximum Gasteiger partial charge on any atom is 0.303 e. The minimum absolute atomic E-state index is 0.0355. The van der Waals surface area contributed by atoms with Crippen molar-refractivity contribution >= 4 is 28.4 Å². The Morgan fingerprint density at radius 2 is 1.52 bits per heavy atom. The Hall–Kier alpha value is -2.07. The number of Topliss-reactive ketones (excluding diaryl/α,β-unsaturated/α-hetero) is 1. The second-order valence-electron chi connectivity index (χ2n) is 16.7. The number of aryl methyl sites for hydroxylation is 1. The molecule has 0 heterocycles. The molecule has 0 spiro atoms. The second-order valence-corrected chi connectivity index (χ2v) is 26.2. The predicted molar refractivity (Wildman–Crippen MR) is 196 cm³/mol. The zero-order chi connectivity index (χ0) is 34.5. The predicted octanol–water partition coefficient (Wildman–Crippen LogP) is 10.7. The molecule has 0 aliphatic heterocycles. The first-order chi connectivity index (χ1) is 21.3. The van der Waals surface area contributed by atoms with Crippen LogP contribution in [-0.4, -0.2) is 39.6 Å². The summed E-state index contributed by atoms with van der Waals surface area (Å²) in [4.78, 5) is 25.0. The largest absolute Gasteiger partial charge is 0.481 e. The normalized spacial score (nSPS) is 20.2. The average Bonchev–Trinajstić information content (AvgIpc) is 3.23. The molecule has 46 heavy (non-hydrogen) atoms. The van der Waals surface area contributed by atoms with Gasteiger partial charge in [-0.3, -0.25) is 9.59 Å². The molecular formula is C39H62O5Si2. The van der Waals surface area contributed by atoms with Crippen molar-refractivity contribution in [1.29, 1.82) is 0 Å². The fraction of sp³-hybridized carbons (Fsp3) is 0.641. The van der Waals surface area contributed by atoms with E-state index >= 15 is 0 Å². The summed E-state index contributed by atoms with van der Waals surface area (Å²) in [5.74, 6) is -0.780. The summed E-state index contributed by atoms with van der Waals surface area (Å²) in [7, 11) is -4.12. The van der Waals surface area contributed by atoms with E-state index in [1.54, 1.807) is 0 Å². The molecule has 1 unspecified atom stereocenters. The summed E-state index contributed by atoms with van der Waals surface area (Å²) >= 11 is 0. The van der Waals surface area contributed by atoms with Crippen molar-refractivity contribution in [2.24, 2.45) is 5.92 Å². The number of unbranched alkanes of at least 4 members (excludes halogenated alkanes) is 2. The van der Waals surface area contributed by atoms with Crippen LogP contribution in [0.1, 0.15) is 121 Å². The third-order valence-electron chi connectivity index (χ3n) is 11.0. The third kappa shape index (κ3) is 9.97. The average molecular weight is 667 g/mol. The van der Waals surface area contributed by atoms with Crippen molar-refractivity contribution in [3.05, 3.63) is 70.8 Å². The van der Waals surface area contributed by atoms with Crippen LogP contribution < -0.4 is 0 Å². The second kappa shape index (κ2) is 15.4. The molecule has 1 N–H and O–H groups in total. The van der Waals surface area contributed by atoms with Gasteiger partial charge in [0, 0.05) is 24.7 Å². The molecule has 0 amide bonds. The molecule has 3 rings (SSSR count). The highest BCUT2D eigenvalue weighted by atomic mass is 28.4. The first-order valence-electron chi connectivity index (χ1n) is 17.5. The van der Waals surface area contributed by atoms with E-state index in [0.29, 0.717) is 19.3 Å². The lowest BCUT2D eigenvalue weighted by Gasteiger charge is -2.40. The Morgan fingerprint density at radius 1 is 0.913 bits per heavy atom. The number of hydrogen-bond acceptors (Lipinski definition) is 4. The van der Waals surface area contributed by atoms with E-state index in [2.05, 4.69) is 111 Å². The van der Waals surface area contributed by atoms with Crippen LogP contribution >= 0.6 is 0 Å². The summed E-state index contributed by atoms with van der Waals surface area (Å²) in [6.07, 6.45) is 6.07. The number of carbonyl (C=O) groups excluding carboxylic acids is 1. The highest BCUT2D eigenvalue weighted by Gasteiger charge is 2.48. The number of hydrogen-bond donors (Lipinski definition) is 1. The van der Waals surface area contributed by atoms with Crippen LogP contribution in [0.2, 0.25) is 36.3 Å². The number of carbonyl (C=O) groups is 2. The van der Waals surface area contributed by atoms with Crippen molar-refractivity contribution < 1.29 is 23.5 Å². The van der Waals surface area contributed by atoms with E-state index in [1.807, 2.05) is 12.1 Å². The fourth-order valence-corrected chi connectivity index (χ4v) is 8.71. The molecule has 0 aromatic heterocycles. The molecule has 7 heteroatoms. The van der Waals surface area contributed by atoms with Gasteiger partial charge < -0.3 is 14.0 Å². The Bertz CT molecular complexity index is 1300. The monoisotopic (exact) mass is 666 g/mol. The third-order valence-corrected chi connectivity index (χ3v) is 20.0. The van der Waals surface area contributed by atoms with Crippen molar-refractivity contribution in [2.45, 2.75) is 154 Å². The molecule has 1 fully saturated rings. The number of aliphatic carboxylic acids is 1. The first kappa shape index (κ1) is 38.4. The van der Waals surface area contributed by atoms with Crippen LogP contribution in [0, 0.1) is 5.92 Å². The van der Waals surface area contributed by atoms with Gasteiger partial charge in [-0.2, -0.15) is 0 Å². The summed E-state index contributed by atoms with van der Waals surface area (Å²) in [6.45, 7) is 25.1. The van der Waals surface area contributed by atoms with E-state index in [9.17, 15) is 14.7 Å². The zero-order valence-electron chi connectivity index (χ0n) is 30.7.